The standard InChI is InChI=1S/C48H88O2/c1-2-3-4-5-6-7-8-9-10-11-12-22-29-36-43-48(44-37-30-23-16-13-17-24-31-38-44,45-39-32-25-18-14-19-26-33-40-45)47(49)50-46-41-34-27-20-15-21-28-35-42-46/h9-10,44-46H,2-8,11-43H2,1H3/b10-9-. The van der Waals surface area contributed by atoms with E-state index in [0.717, 1.165) is 19.3 Å². The van der Waals surface area contributed by atoms with Crippen molar-refractivity contribution in [2.75, 3.05) is 0 Å². The van der Waals surface area contributed by atoms with Crippen molar-refractivity contribution in [3.8, 4) is 0 Å². The summed E-state index contributed by atoms with van der Waals surface area (Å²) in [6.07, 6.45) is 57.7. The lowest BCUT2D eigenvalue weighted by atomic mass is 9.58. The highest BCUT2D eigenvalue weighted by atomic mass is 16.5. The molecule has 0 heterocycles. The second-order valence-electron chi connectivity index (χ2n) is 17.6. The van der Waals surface area contributed by atoms with Crippen LogP contribution in [0.3, 0.4) is 0 Å². The molecule has 3 saturated carbocycles. The molecule has 3 aliphatic rings. The Morgan fingerprint density at radius 1 is 0.460 bits per heavy atom. The van der Waals surface area contributed by atoms with Crippen molar-refractivity contribution in [1.29, 1.82) is 0 Å². The van der Waals surface area contributed by atoms with E-state index in [1.165, 1.54) is 238 Å². The van der Waals surface area contributed by atoms with Crippen molar-refractivity contribution in [1.82, 2.24) is 0 Å². The lowest BCUT2D eigenvalue weighted by Gasteiger charge is -2.46. The maximum Gasteiger partial charge on any atom is 0.312 e. The molecule has 292 valence electrons. The van der Waals surface area contributed by atoms with Gasteiger partial charge in [0.05, 0.1) is 5.41 Å². The quantitative estimate of drug-likeness (QED) is 0.0810. The maximum atomic E-state index is 15.3. The molecule has 0 atom stereocenters. The Bertz CT molecular complexity index is 759. The van der Waals surface area contributed by atoms with E-state index >= 15 is 4.79 Å². The summed E-state index contributed by atoms with van der Waals surface area (Å²) in [4.78, 5) is 15.3. The molecule has 0 unspecified atom stereocenters. The van der Waals surface area contributed by atoms with Crippen LogP contribution in [0, 0.1) is 17.3 Å². The Hall–Kier alpha value is -0.790. The first-order valence-corrected chi connectivity index (χ1v) is 23.6. The summed E-state index contributed by atoms with van der Waals surface area (Å²) in [5, 5.41) is 0. The van der Waals surface area contributed by atoms with Gasteiger partial charge < -0.3 is 4.74 Å². The lowest BCUT2D eigenvalue weighted by molar-refractivity contribution is -0.174. The summed E-state index contributed by atoms with van der Waals surface area (Å²) in [6, 6.07) is 0. The van der Waals surface area contributed by atoms with Gasteiger partial charge in [0.25, 0.3) is 0 Å². The van der Waals surface area contributed by atoms with E-state index in [2.05, 4.69) is 19.1 Å². The minimum absolute atomic E-state index is 0.155. The van der Waals surface area contributed by atoms with Gasteiger partial charge in [0.1, 0.15) is 6.10 Å². The van der Waals surface area contributed by atoms with Gasteiger partial charge in [0.15, 0.2) is 0 Å². The van der Waals surface area contributed by atoms with Crippen LogP contribution in [0.5, 0.6) is 0 Å². The summed E-state index contributed by atoms with van der Waals surface area (Å²) in [5.74, 6) is 1.33. The molecule has 50 heavy (non-hydrogen) atoms. The molecule has 0 aromatic rings. The van der Waals surface area contributed by atoms with Gasteiger partial charge in [-0.25, -0.2) is 0 Å². The Kier molecular flexibility index (Phi) is 25.9. The molecule has 0 aromatic heterocycles. The zero-order valence-electron chi connectivity index (χ0n) is 34.0. The molecule has 0 aromatic carbocycles. The van der Waals surface area contributed by atoms with Crippen LogP contribution in [0.25, 0.3) is 0 Å². The van der Waals surface area contributed by atoms with Gasteiger partial charge in [-0.3, -0.25) is 4.79 Å². The minimum atomic E-state index is -0.259. The van der Waals surface area contributed by atoms with Gasteiger partial charge in [0, 0.05) is 0 Å². The average molecular weight is 697 g/mol. The minimum Gasteiger partial charge on any atom is -0.462 e. The van der Waals surface area contributed by atoms with Crippen LogP contribution in [0.2, 0.25) is 0 Å². The van der Waals surface area contributed by atoms with Crippen LogP contribution in [0.4, 0.5) is 0 Å². The number of carbonyl (C=O) groups is 1. The third kappa shape index (κ3) is 18.3. The van der Waals surface area contributed by atoms with E-state index in [9.17, 15) is 0 Å². The summed E-state index contributed by atoms with van der Waals surface area (Å²) < 4.78 is 6.97. The van der Waals surface area contributed by atoms with E-state index in [4.69, 9.17) is 4.74 Å². The lowest BCUT2D eigenvalue weighted by Crippen LogP contribution is -2.48. The molecular formula is C48H88O2. The maximum absolute atomic E-state index is 15.3. The van der Waals surface area contributed by atoms with Crippen LogP contribution in [-0.2, 0) is 9.53 Å². The molecule has 3 rings (SSSR count). The molecule has 3 fully saturated rings. The number of ether oxygens (including phenoxy) is 1. The molecule has 0 bridgehead atoms. The van der Waals surface area contributed by atoms with Crippen molar-refractivity contribution < 1.29 is 9.53 Å². The van der Waals surface area contributed by atoms with Crippen LogP contribution in [0.1, 0.15) is 264 Å². The largest absolute Gasteiger partial charge is 0.462 e. The van der Waals surface area contributed by atoms with E-state index in [0.29, 0.717) is 17.8 Å². The molecule has 3 aliphatic carbocycles. The third-order valence-corrected chi connectivity index (χ3v) is 13.5. The number of esters is 1. The van der Waals surface area contributed by atoms with Crippen LogP contribution >= 0.6 is 0 Å². The highest BCUT2D eigenvalue weighted by molar-refractivity contribution is 5.78. The third-order valence-electron chi connectivity index (χ3n) is 13.5. The van der Waals surface area contributed by atoms with Crippen LogP contribution < -0.4 is 0 Å². The predicted molar refractivity (Wildman–Crippen MR) is 219 cm³/mol. The fraction of sp³-hybridized carbons (Fsp3) is 0.938. The van der Waals surface area contributed by atoms with Gasteiger partial charge in [-0.05, 0) is 95.3 Å². The number of rotatable bonds is 18. The van der Waals surface area contributed by atoms with Gasteiger partial charge in [-0.2, -0.15) is 0 Å². The van der Waals surface area contributed by atoms with Gasteiger partial charge in [-0.15, -0.1) is 0 Å². The number of hydrogen-bond donors (Lipinski definition) is 0. The topological polar surface area (TPSA) is 26.3 Å². The van der Waals surface area contributed by atoms with Crippen molar-refractivity contribution >= 4 is 5.97 Å². The molecule has 0 amide bonds. The Balaban J connectivity index is 1.73. The normalized spacial score (nSPS) is 21.5. The zero-order chi connectivity index (χ0) is 35.2. The second kappa shape index (κ2) is 29.6. The van der Waals surface area contributed by atoms with Crippen molar-refractivity contribution in [2.45, 2.75) is 270 Å². The van der Waals surface area contributed by atoms with Gasteiger partial charge >= 0.3 is 5.97 Å². The molecule has 0 spiro atoms. The van der Waals surface area contributed by atoms with E-state index in [-0.39, 0.29) is 11.5 Å². The predicted octanol–water partition coefficient (Wildman–Crippen LogP) is 16.3. The van der Waals surface area contributed by atoms with Crippen molar-refractivity contribution in [3.63, 3.8) is 0 Å². The summed E-state index contributed by atoms with van der Waals surface area (Å²) in [6.45, 7) is 2.30. The van der Waals surface area contributed by atoms with Crippen molar-refractivity contribution in [2.24, 2.45) is 17.3 Å². The first-order chi connectivity index (χ1) is 24.8. The number of unbranched alkanes of at least 4 members (excludes halogenated alkanes) is 10. The monoisotopic (exact) mass is 697 g/mol. The van der Waals surface area contributed by atoms with E-state index in [1.54, 1.807) is 0 Å². The molecule has 2 nitrogen and oxygen atoms in total. The zero-order valence-corrected chi connectivity index (χ0v) is 34.0. The van der Waals surface area contributed by atoms with E-state index < -0.39 is 0 Å². The van der Waals surface area contributed by atoms with Crippen LogP contribution in [-0.4, -0.2) is 12.1 Å². The second-order valence-corrected chi connectivity index (χ2v) is 17.6. The average Bonchev–Trinajstić information content (AvgIpc) is 3.14. The SMILES string of the molecule is CCCCCCCC/C=C\CCCCCCC(C(=O)OC1CCCCCCCCC1)(C1CCCCCCCCC1)C1CCCCCCCCC1. The highest BCUT2D eigenvalue weighted by Crippen LogP contribution is 2.51. The van der Waals surface area contributed by atoms with Gasteiger partial charge in [-0.1, -0.05) is 192 Å². The molecule has 2 heteroatoms. The molecule has 0 aliphatic heterocycles. The smallest absolute Gasteiger partial charge is 0.312 e. The van der Waals surface area contributed by atoms with Gasteiger partial charge in [0.2, 0.25) is 0 Å². The first-order valence-electron chi connectivity index (χ1n) is 23.6. The Morgan fingerprint density at radius 3 is 1.22 bits per heavy atom. The van der Waals surface area contributed by atoms with E-state index in [1.807, 2.05) is 0 Å². The summed E-state index contributed by atoms with van der Waals surface area (Å²) in [7, 11) is 0. The van der Waals surface area contributed by atoms with Crippen molar-refractivity contribution in [3.05, 3.63) is 12.2 Å². The molecular weight excluding hydrogens is 609 g/mol. The number of carbonyl (C=O) groups excluding carboxylic acids is 1. The Morgan fingerprint density at radius 2 is 0.800 bits per heavy atom. The number of allylic oxidation sites excluding steroid dienone is 2. The number of hydrogen-bond acceptors (Lipinski definition) is 2. The molecule has 0 saturated heterocycles. The fourth-order valence-electron chi connectivity index (χ4n) is 10.3. The summed E-state index contributed by atoms with van der Waals surface area (Å²) in [5.41, 5.74) is -0.259. The highest BCUT2D eigenvalue weighted by Gasteiger charge is 2.51. The first kappa shape index (κ1) is 43.6. The summed E-state index contributed by atoms with van der Waals surface area (Å²) >= 11 is 0. The van der Waals surface area contributed by atoms with Crippen LogP contribution in [0.15, 0.2) is 12.2 Å². The molecule has 0 N–H and O–H groups in total. The molecule has 0 radical (unpaired) electrons. The fourth-order valence-corrected chi connectivity index (χ4v) is 10.3. The Labute approximate surface area is 313 Å².